The number of nitrogens with one attached hydrogen (secondary N) is 1. The fourth-order valence-corrected chi connectivity index (χ4v) is 3.89. The molecule has 1 aliphatic rings. The summed E-state index contributed by atoms with van der Waals surface area (Å²) >= 11 is 12.0. The van der Waals surface area contributed by atoms with Gasteiger partial charge in [0.1, 0.15) is 11.5 Å². The van der Waals surface area contributed by atoms with Crippen LogP contribution in [0.4, 0.5) is 0 Å². The average Bonchev–Trinajstić information content (AvgIpc) is 3.22. The Balaban J connectivity index is 1.62. The standard InChI is InChI=1S/C21H24Cl2N2O3/c1-27-19-7-3-2-6-16(19)18(25-10-4-5-11-25)13-24-21(26)14-28-20-9-8-15(22)12-17(20)23/h2-3,6-9,12,18H,4-5,10-11,13-14H2,1H3,(H,24,26). The van der Waals surface area contributed by atoms with Gasteiger partial charge in [-0.1, -0.05) is 41.4 Å². The van der Waals surface area contributed by atoms with Crippen LogP contribution in [0.15, 0.2) is 42.5 Å². The Labute approximate surface area is 175 Å². The molecule has 0 radical (unpaired) electrons. The van der Waals surface area contributed by atoms with E-state index >= 15 is 0 Å². The second kappa shape index (κ2) is 10.0. The molecule has 0 aromatic heterocycles. The van der Waals surface area contributed by atoms with Crippen LogP contribution in [0, 0.1) is 0 Å². The van der Waals surface area contributed by atoms with Gasteiger partial charge in [-0.3, -0.25) is 9.69 Å². The van der Waals surface area contributed by atoms with Gasteiger partial charge >= 0.3 is 0 Å². The fraction of sp³-hybridized carbons (Fsp3) is 0.381. The summed E-state index contributed by atoms with van der Waals surface area (Å²) in [4.78, 5) is 14.7. The number of rotatable bonds is 8. The number of methoxy groups -OCH3 is 1. The number of benzene rings is 2. The Bertz CT molecular complexity index is 810. The van der Waals surface area contributed by atoms with Crippen molar-refractivity contribution in [3.63, 3.8) is 0 Å². The van der Waals surface area contributed by atoms with Crippen LogP contribution in [0.5, 0.6) is 11.5 Å². The van der Waals surface area contributed by atoms with Gasteiger partial charge in [-0.25, -0.2) is 0 Å². The number of carbonyl (C=O) groups is 1. The minimum Gasteiger partial charge on any atom is -0.496 e. The minimum atomic E-state index is -0.204. The van der Waals surface area contributed by atoms with Crippen LogP contribution < -0.4 is 14.8 Å². The topological polar surface area (TPSA) is 50.8 Å². The van der Waals surface area contributed by atoms with E-state index in [1.807, 2.05) is 18.2 Å². The van der Waals surface area contributed by atoms with Gasteiger partial charge < -0.3 is 14.8 Å². The summed E-state index contributed by atoms with van der Waals surface area (Å²) in [6.45, 7) is 2.39. The van der Waals surface area contributed by atoms with Crippen LogP contribution in [0.3, 0.4) is 0 Å². The number of halogens is 2. The van der Waals surface area contributed by atoms with Crippen molar-refractivity contribution in [3.8, 4) is 11.5 Å². The molecule has 1 aliphatic heterocycles. The molecule has 1 saturated heterocycles. The van der Waals surface area contributed by atoms with Gasteiger partial charge in [0.05, 0.1) is 18.2 Å². The molecule has 2 aromatic rings. The molecule has 1 atom stereocenters. The molecular weight excluding hydrogens is 399 g/mol. The minimum absolute atomic E-state index is 0.0571. The summed E-state index contributed by atoms with van der Waals surface area (Å²) in [5.41, 5.74) is 1.08. The lowest BCUT2D eigenvalue weighted by atomic mass is 10.0. The van der Waals surface area contributed by atoms with E-state index in [4.69, 9.17) is 32.7 Å². The van der Waals surface area contributed by atoms with Crippen molar-refractivity contribution < 1.29 is 14.3 Å². The highest BCUT2D eigenvalue weighted by Gasteiger charge is 2.26. The van der Waals surface area contributed by atoms with Crippen molar-refractivity contribution in [2.24, 2.45) is 0 Å². The molecule has 1 amide bonds. The summed E-state index contributed by atoms with van der Waals surface area (Å²) in [7, 11) is 1.67. The van der Waals surface area contributed by atoms with E-state index in [0.717, 1.165) is 37.2 Å². The van der Waals surface area contributed by atoms with Gasteiger partial charge in [0.25, 0.3) is 5.91 Å². The van der Waals surface area contributed by atoms with Gasteiger partial charge in [-0.15, -0.1) is 0 Å². The van der Waals surface area contributed by atoms with Gasteiger partial charge in [0, 0.05) is 17.1 Å². The van der Waals surface area contributed by atoms with Gasteiger partial charge in [0.15, 0.2) is 6.61 Å². The number of para-hydroxylation sites is 1. The third-order valence-electron chi connectivity index (χ3n) is 4.82. The van der Waals surface area contributed by atoms with Gasteiger partial charge in [-0.2, -0.15) is 0 Å². The smallest absolute Gasteiger partial charge is 0.258 e. The summed E-state index contributed by atoms with van der Waals surface area (Å²) in [5, 5.41) is 3.88. The zero-order valence-electron chi connectivity index (χ0n) is 15.8. The SMILES string of the molecule is COc1ccccc1C(CNC(=O)COc1ccc(Cl)cc1Cl)N1CCCC1. The first-order valence-corrected chi connectivity index (χ1v) is 10.1. The van der Waals surface area contributed by atoms with Crippen molar-refractivity contribution in [2.75, 3.05) is 33.4 Å². The molecule has 0 aliphatic carbocycles. The van der Waals surface area contributed by atoms with Crippen LogP contribution in [-0.2, 0) is 4.79 Å². The zero-order chi connectivity index (χ0) is 19.9. The number of carbonyl (C=O) groups excluding carboxylic acids is 1. The van der Waals surface area contributed by atoms with Crippen molar-refractivity contribution in [3.05, 3.63) is 58.1 Å². The van der Waals surface area contributed by atoms with Gasteiger partial charge in [-0.05, 0) is 50.2 Å². The van der Waals surface area contributed by atoms with Crippen molar-refractivity contribution in [1.82, 2.24) is 10.2 Å². The molecular formula is C21H24Cl2N2O3. The molecule has 0 saturated carbocycles. The molecule has 0 spiro atoms. The maximum absolute atomic E-state index is 12.3. The van der Waals surface area contributed by atoms with Crippen LogP contribution in [0.1, 0.15) is 24.4 Å². The Morgan fingerprint density at radius 1 is 1.14 bits per heavy atom. The highest BCUT2D eigenvalue weighted by Crippen LogP contribution is 2.31. The summed E-state index contributed by atoms with van der Waals surface area (Å²) in [6.07, 6.45) is 2.33. The predicted molar refractivity (Wildman–Crippen MR) is 112 cm³/mol. The lowest BCUT2D eigenvalue weighted by Crippen LogP contribution is -2.38. The molecule has 0 bridgehead atoms. The third-order valence-corrected chi connectivity index (χ3v) is 5.36. The molecule has 28 heavy (non-hydrogen) atoms. The maximum Gasteiger partial charge on any atom is 0.258 e. The molecule has 1 N–H and O–H groups in total. The monoisotopic (exact) mass is 422 g/mol. The van der Waals surface area contributed by atoms with E-state index in [-0.39, 0.29) is 18.6 Å². The first kappa shape index (κ1) is 20.8. The number of hydrogen-bond acceptors (Lipinski definition) is 4. The third kappa shape index (κ3) is 5.31. The number of likely N-dealkylation sites (tertiary alicyclic amines) is 1. The largest absolute Gasteiger partial charge is 0.496 e. The predicted octanol–water partition coefficient (Wildman–Crippen LogP) is 4.33. The summed E-state index contributed by atoms with van der Waals surface area (Å²) in [6, 6.07) is 12.9. The first-order chi connectivity index (χ1) is 13.6. The van der Waals surface area contributed by atoms with Crippen molar-refractivity contribution >= 4 is 29.1 Å². The highest BCUT2D eigenvalue weighted by molar-refractivity contribution is 6.35. The Morgan fingerprint density at radius 2 is 1.89 bits per heavy atom. The first-order valence-electron chi connectivity index (χ1n) is 9.30. The highest BCUT2D eigenvalue weighted by atomic mass is 35.5. The molecule has 1 heterocycles. The van der Waals surface area contributed by atoms with Crippen LogP contribution >= 0.6 is 23.2 Å². The van der Waals surface area contributed by atoms with E-state index in [1.54, 1.807) is 25.3 Å². The summed E-state index contributed by atoms with van der Waals surface area (Å²) < 4.78 is 11.1. The average molecular weight is 423 g/mol. The van der Waals surface area contributed by atoms with Crippen LogP contribution in [-0.4, -0.2) is 44.2 Å². The Morgan fingerprint density at radius 3 is 2.61 bits per heavy atom. The van der Waals surface area contributed by atoms with E-state index < -0.39 is 0 Å². The van der Waals surface area contributed by atoms with Crippen molar-refractivity contribution in [1.29, 1.82) is 0 Å². The molecule has 3 rings (SSSR count). The number of nitrogens with zero attached hydrogens (tertiary/aromatic N) is 1. The zero-order valence-corrected chi connectivity index (χ0v) is 17.3. The van der Waals surface area contributed by atoms with Gasteiger partial charge in [0.2, 0.25) is 0 Å². The van der Waals surface area contributed by atoms with E-state index in [2.05, 4.69) is 16.3 Å². The molecule has 5 nitrogen and oxygen atoms in total. The maximum atomic E-state index is 12.3. The molecule has 1 unspecified atom stereocenters. The second-order valence-corrected chi connectivity index (χ2v) is 7.51. The normalized spacial score (nSPS) is 15.2. The lowest BCUT2D eigenvalue weighted by molar-refractivity contribution is -0.123. The molecule has 2 aromatic carbocycles. The second-order valence-electron chi connectivity index (χ2n) is 6.67. The molecule has 150 valence electrons. The van der Waals surface area contributed by atoms with E-state index in [0.29, 0.717) is 22.3 Å². The number of amides is 1. The number of hydrogen-bond donors (Lipinski definition) is 1. The van der Waals surface area contributed by atoms with E-state index in [1.165, 1.54) is 0 Å². The molecule has 7 heteroatoms. The Hall–Kier alpha value is -1.95. The quantitative estimate of drug-likeness (QED) is 0.687. The fourth-order valence-electron chi connectivity index (χ4n) is 3.43. The Kier molecular flexibility index (Phi) is 7.43. The summed E-state index contributed by atoms with van der Waals surface area (Å²) in [5.74, 6) is 1.06. The lowest BCUT2D eigenvalue weighted by Gasteiger charge is -2.29. The van der Waals surface area contributed by atoms with Crippen LogP contribution in [0.2, 0.25) is 10.0 Å². The van der Waals surface area contributed by atoms with Crippen LogP contribution in [0.25, 0.3) is 0 Å². The number of ether oxygens (including phenoxy) is 2. The van der Waals surface area contributed by atoms with E-state index in [9.17, 15) is 4.79 Å². The molecule has 1 fully saturated rings. The van der Waals surface area contributed by atoms with Crippen molar-refractivity contribution in [2.45, 2.75) is 18.9 Å².